The monoisotopic (exact) mass is 452 g/mol. The van der Waals surface area contributed by atoms with Gasteiger partial charge in [-0.15, -0.1) is 0 Å². The van der Waals surface area contributed by atoms with E-state index >= 15 is 0 Å². The Labute approximate surface area is 192 Å². The molecule has 1 amide bonds. The zero-order valence-corrected chi connectivity index (χ0v) is 18.7. The van der Waals surface area contributed by atoms with Crippen LogP contribution in [0.25, 0.3) is 0 Å². The molecule has 2 aromatic rings. The molecule has 2 fully saturated rings. The third kappa shape index (κ3) is 3.97. The molecule has 0 bridgehead atoms. The summed E-state index contributed by atoms with van der Waals surface area (Å²) in [5.74, 6) is 0.635. The maximum absolute atomic E-state index is 13.7. The van der Waals surface area contributed by atoms with Crippen molar-refractivity contribution in [3.8, 4) is 5.75 Å². The number of para-hydroxylation sites is 2. The molecule has 2 aromatic carbocycles. The Morgan fingerprint density at radius 1 is 1.09 bits per heavy atom. The fourth-order valence-electron chi connectivity index (χ4n) is 5.34. The smallest absolute Gasteiger partial charge is 0.269 e. The highest BCUT2D eigenvalue weighted by molar-refractivity contribution is 5.83. The topological polar surface area (TPSA) is 88.4 Å². The lowest BCUT2D eigenvalue weighted by Crippen LogP contribution is -2.62. The number of piperazine rings is 1. The fourth-order valence-corrected chi connectivity index (χ4v) is 5.34. The predicted octanol–water partition coefficient (Wildman–Crippen LogP) is 2.33. The molecule has 174 valence electrons. The summed E-state index contributed by atoms with van der Waals surface area (Å²) in [7, 11) is 1.67. The number of morpholine rings is 1. The first-order valence-electron chi connectivity index (χ1n) is 11.4. The van der Waals surface area contributed by atoms with Crippen molar-refractivity contribution in [3.63, 3.8) is 0 Å². The van der Waals surface area contributed by atoms with Gasteiger partial charge in [0, 0.05) is 50.5 Å². The van der Waals surface area contributed by atoms with Gasteiger partial charge in [-0.1, -0.05) is 12.1 Å². The number of methoxy groups -OCH3 is 1. The molecular formula is C24H28N4O5. The van der Waals surface area contributed by atoms with Crippen molar-refractivity contribution >= 4 is 23.0 Å². The molecule has 2 saturated heterocycles. The van der Waals surface area contributed by atoms with Gasteiger partial charge in [-0.3, -0.25) is 14.9 Å². The van der Waals surface area contributed by atoms with Gasteiger partial charge in [0.2, 0.25) is 5.91 Å². The first-order chi connectivity index (χ1) is 16.1. The lowest BCUT2D eigenvalue weighted by atomic mass is 9.82. The van der Waals surface area contributed by atoms with Crippen LogP contribution in [0.2, 0.25) is 0 Å². The molecule has 33 heavy (non-hydrogen) atoms. The summed E-state index contributed by atoms with van der Waals surface area (Å²) in [6, 6.07) is 13.0. The van der Waals surface area contributed by atoms with E-state index in [1.165, 1.54) is 0 Å². The van der Waals surface area contributed by atoms with Crippen LogP contribution in [0.3, 0.4) is 0 Å². The molecule has 2 atom stereocenters. The molecule has 9 heteroatoms. The Hall–Kier alpha value is -3.33. The number of hydrogen-bond donors (Lipinski definition) is 0. The highest BCUT2D eigenvalue weighted by atomic mass is 16.6. The summed E-state index contributed by atoms with van der Waals surface area (Å²) < 4.78 is 11.0. The minimum atomic E-state index is -0.370. The predicted molar refractivity (Wildman–Crippen MR) is 124 cm³/mol. The van der Waals surface area contributed by atoms with E-state index in [1.807, 2.05) is 35.2 Å². The van der Waals surface area contributed by atoms with Crippen LogP contribution in [0.15, 0.2) is 42.5 Å². The molecule has 0 N–H and O–H groups in total. The van der Waals surface area contributed by atoms with Crippen molar-refractivity contribution in [3.05, 3.63) is 58.1 Å². The first kappa shape index (κ1) is 21.5. The number of carbonyl (C=O) groups excluding carboxylic acids is 1. The maximum Gasteiger partial charge on any atom is 0.269 e. The van der Waals surface area contributed by atoms with Crippen LogP contribution in [-0.2, 0) is 16.0 Å². The van der Waals surface area contributed by atoms with Gasteiger partial charge in [0.05, 0.1) is 42.9 Å². The van der Waals surface area contributed by atoms with Crippen molar-refractivity contribution in [1.29, 1.82) is 0 Å². The molecular weight excluding hydrogens is 424 g/mol. The largest absolute Gasteiger partial charge is 0.495 e. The second-order valence-corrected chi connectivity index (χ2v) is 8.70. The number of rotatable bonds is 4. The van der Waals surface area contributed by atoms with Gasteiger partial charge in [0.1, 0.15) is 5.75 Å². The van der Waals surface area contributed by atoms with Crippen molar-refractivity contribution in [2.75, 3.05) is 62.8 Å². The summed E-state index contributed by atoms with van der Waals surface area (Å²) in [5.41, 5.74) is 2.96. The van der Waals surface area contributed by atoms with Crippen molar-refractivity contribution in [2.24, 2.45) is 5.92 Å². The summed E-state index contributed by atoms with van der Waals surface area (Å²) in [4.78, 5) is 31.1. The Bertz CT molecular complexity index is 1050. The van der Waals surface area contributed by atoms with Gasteiger partial charge >= 0.3 is 0 Å². The molecule has 3 heterocycles. The molecule has 0 radical (unpaired) electrons. The Balaban J connectivity index is 1.50. The van der Waals surface area contributed by atoms with E-state index in [0.717, 1.165) is 35.8 Å². The minimum Gasteiger partial charge on any atom is -0.495 e. The fraction of sp³-hybridized carbons (Fsp3) is 0.458. The Kier molecular flexibility index (Phi) is 5.80. The van der Waals surface area contributed by atoms with E-state index < -0.39 is 0 Å². The highest BCUT2D eigenvalue weighted by Crippen LogP contribution is 2.40. The summed E-state index contributed by atoms with van der Waals surface area (Å²) >= 11 is 0. The van der Waals surface area contributed by atoms with Gasteiger partial charge in [-0.05, 0) is 30.2 Å². The van der Waals surface area contributed by atoms with Crippen LogP contribution >= 0.6 is 0 Å². The molecule has 9 nitrogen and oxygen atoms in total. The second-order valence-electron chi connectivity index (χ2n) is 8.70. The molecule has 2 unspecified atom stereocenters. The number of nitro benzene ring substituents is 1. The average molecular weight is 453 g/mol. The standard InChI is InChI=1S/C24H28N4O5/c1-32-23-5-3-2-4-21(23)26-8-9-27-20-7-6-18(28(30)31)14-17(20)15-19(22(27)16-26)24(29)25-10-12-33-13-11-25/h2-7,14,19,22H,8-13,15-16H2,1H3. The molecule has 0 spiro atoms. The third-order valence-electron chi connectivity index (χ3n) is 6.97. The number of hydrogen-bond acceptors (Lipinski definition) is 7. The van der Waals surface area contributed by atoms with Gasteiger partial charge < -0.3 is 24.2 Å². The number of fused-ring (bicyclic) bond motifs is 3. The molecule has 0 aliphatic carbocycles. The first-order valence-corrected chi connectivity index (χ1v) is 11.4. The highest BCUT2D eigenvalue weighted by Gasteiger charge is 2.43. The normalized spacial score (nSPS) is 22.4. The number of benzene rings is 2. The van der Waals surface area contributed by atoms with Gasteiger partial charge in [0.25, 0.3) is 5.69 Å². The number of amides is 1. The molecule has 0 saturated carbocycles. The number of nitro groups is 1. The van der Waals surface area contributed by atoms with E-state index in [0.29, 0.717) is 39.3 Å². The van der Waals surface area contributed by atoms with Crippen molar-refractivity contribution in [1.82, 2.24) is 4.90 Å². The average Bonchev–Trinajstić information content (AvgIpc) is 2.87. The lowest BCUT2D eigenvalue weighted by Gasteiger charge is -2.50. The van der Waals surface area contributed by atoms with Crippen LogP contribution in [0.1, 0.15) is 5.56 Å². The number of ether oxygens (including phenoxy) is 2. The molecule has 3 aliphatic rings. The lowest BCUT2D eigenvalue weighted by molar-refractivity contribution is -0.384. The Morgan fingerprint density at radius 3 is 2.64 bits per heavy atom. The van der Waals surface area contributed by atoms with Crippen LogP contribution < -0.4 is 14.5 Å². The zero-order chi connectivity index (χ0) is 22.9. The molecule has 5 rings (SSSR count). The molecule has 0 aromatic heterocycles. The van der Waals surface area contributed by atoms with Crippen LogP contribution in [-0.4, -0.2) is 74.8 Å². The van der Waals surface area contributed by atoms with Crippen molar-refractivity contribution < 1.29 is 19.2 Å². The third-order valence-corrected chi connectivity index (χ3v) is 6.97. The van der Waals surface area contributed by atoms with E-state index in [2.05, 4.69) is 9.80 Å². The number of carbonyl (C=O) groups is 1. The van der Waals surface area contributed by atoms with E-state index in [1.54, 1.807) is 19.2 Å². The quantitative estimate of drug-likeness (QED) is 0.520. The van der Waals surface area contributed by atoms with E-state index in [4.69, 9.17) is 9.47 Å². The summed E-state index contributed by atoms with van der Waals surface area (Å²) in [5, 5.41) is 11.4. The van der Waals surface area contributed by atoms with Gasteiger partial charge in [0.15, 0.2) is 0 Å². The van der Waals surface area contributed by atoms with Crippen LogP contribution in [0.5, 0.6) is 5.75 Å². The van der Waals surface area contributed by atoms with Gasteiger partial charge in [-0.2, -0.15) is 0 Å². The van der Waals surface area contributed by atoms with Gasteiger partial charge in [-0.25, -0.2) is 0 Å². The van der Waals surface area contributed by atoms with E-state index in [9.17, 15) is 14.9 Å². The summed E-state index contributed by atoms with van der Waals surface area (Å²) in [6.07, 6.45) is 0.494. The maximum atomic E-state index is 13.7. The van der Waals surface area contributed by atoms with Crippen LogP contribution in [0.4, 0.5) is 17.1 Å². The SMILES string of the molecule is COc1ccccc1N1CCN2c3ccc([N+](=O)[O-])cc3CC(C(=O)N3CCOCC3)C2C1. The van der Waals surface area contributed by atoms with Crippen LogP contribution in [0, 0.1) is 16.0 Å². The zero-order valence-electron chi connectivity index (χ0n) is 18.7. The number of non-ortho nitro benzene ring substituents is 1. The second kappa shape index (κ2) is 8.90. The number of nitrogens with zero attached hydrogens (tertiary/aromatic N) is 4. The van der Waals surface area contributed by atoms with E-state index in [-0.39, 0.29) is 28.5 Å². The van der Waals surface area contributed by atoms with Crippen molar-refractivity contribution in [2.45, 2.75) is 12.5 Å². The Morgan fingerprint density at radius 2 is 1.88 bits per heavy atom. The number of anilines is 2. The molecule has 3 aliphatic heterocycles. The summed E-state index contributed by atoms with van der Waals surface area (Å²) in [6.45, 7) is 4.42. The minimum absolute atomic E-state index is 0.0343.